The molecule has 0 radical (unpaired) electrons. The Balaban J connectivity index is 1.63. The first-order valence-corrected chi connectivity index (χ1v) is 9.62. The Labute approximate surface area is 164 Å². The van der Waals surface area contributed by atoms with Gasteiger partial charge in [-0.15, -0.1) is 0 Å². The molecule has 0 spiro atoms. The predicted molar refractivity (Wildman–Crippen MR) is 107 cm³/mol. The maximum Gasteiger partial charge on any atom is 0.387 e. The van der Waals surface area contributed by atoms with Gasteiger partial charge in [-0.25, -0.2) is 9.97 Å². The average Bonchev–Trinajstić information content (AvgIpc) is 2.72. The van der Waals surface area contributed by atoms with Crippen molar-refractivity contribution in [3.8, 4) is 28.3 Å². The zero-order valence-electron chi connectivity index (χ0n) is 15.9. The van der Waals surface area contributed by atoms with Crippen molar-refractivity contribution in [2.75, 3.05) is 0 Å². The molecule has 0 saturated carbocycles. The molecule has 0 saturated heterocycles. The Morgan fingerprint density at radius 3 is 1.93 bits per heavy atom. The zero-order chi connectivity index (χ0) is 19.8. The van der Waals surface area contributed by atoms with E-state index < -0.39 is 6.61 Å². The molecule has 1 aromatic heterocycles. The molecule has 0 N–H and O–H groups in total. The topological polar surface area (TPSA) is 35.0 Å². The number of hydrogen-bond acceptors (Lipinski definition) is 3. The van der Waals surface area contributed by atoms with E-state index in [-0.39, 0.29) is 5.75 Å². The standard InChI is InChI=1S/C23H24F2N2O/c1-2-3-4-5-6-17-15-26-22(27-16-17)20-9-7-18(8-10-20)19-11-13-21(14-12-19)28-23(24)25/h7-16,23H,2-6H2,1H3. The summed E-state index contributed by atoms with van der Waals surface area (Å²) < 4.78 is 28.8. The summed E-state index contributed by atoms with van der Waals surface area (Å²) in [6.45, 7) is -0.604. The van der Waals surface area contributed by atoms with Crippen LogP contribution >= 0.6 is 0 Å². The highest BCUT2D eigenvalue weighted by atomic mass is 19.3. The minimum absolute atomic E-state index is 0.151. The van der Waals surface area contributed by atoms with Gasteiger partial charge in [0.15, 0.2) is 5.82 Å². The first-order valence-electron chi connectivity index (χ1n) is 9.62. The summed E-state index contributed by atoms with van der Waals surface area (Å²) in [5, 5.41) is 0. The summed E-state index contributed by atoms with van der Waals surface area (Å²) in [6, 6.07) is 14.5. The first-order chi connectivity index (χ1) is 13.7. The Bertz CT molecular complexity index is 847. The molecule has 3 aromatic rings. The normalized spacial score (nSPS) is 11.0. The largest absolute Gasteiger partial charge is 0.435 e. The van der Waals surface area contributed by atoms with Crippen molar-refractivity contribution in [1.82, 2.24) is 9.97 Å². The number of aromatic nitrogens is 2. The molecule has 0 bridgehead atoms. The van der Waals surface area contributed by atoms with Crippen molar-refractivity contribution in [1.29, 1.82) is 0 Å². The van der Waals surface area contributed by atoms with Crippen LogP contribution in [-0.2, 0) is 6.42 Å². The number of hydrogen-bond donors (Lipinski definition) is 0. The highest BCUT2D eigenvalue weighted by Crippen LogP contribution is 2.25. The minimum Gasteiger partial charge on any atom is -0.435 e. The van der Waals surface area contributed by atoms with Crippen molar-refractivity contribution >= 4 is 0 Å². The molecule has 0 fully saturated rings. The van der Waals surface area contributed by atoms with Crippen molar-refractivity contribution in [3.63, 3.8) is 0 Å². The summed E-state index contributed by atoms with van der Waals surface area (Å²) >= 11 is 0. The second-order valence-corrected chi connectivity index (χ2v) is 6.71. The van der Waals surface area contributed by atoms with E-state index in [1.807, 2.05) is 36.7 Å². The van der Waals surface area contributed by atoms with Gasteiger partial charge in [-0.05, 0) is 41.7 Å². The van der Waals surface area contributed by atoms with E-state index in [9.17, 15) is 8.78 Å². The number of benzene rings is 2. The van der Waals surface area contributed by atoms with Crippen LogP contribution < -0.4 is 4.74 Å². The first kappa shape index (κ1) is 19.9. The predicted octanol–water partition coefficient (Wildman–Crippen LogP) is 6.53. The van der Waals surface area contributed by atoms with E-state index in [1.165, 1.54) is 43.4 Å². The lowest BCUT2D eigenvalue weighted by molar-refractivity contribution is -0.0498. The van der Waals surface area contributed by atoms with Crippen LogP contribution in [0.1, 0.15) is 38.2 Å². The Morgan fingerprint density at radius 1 is 0.786 bits per heavy atom. The van der Waals surface area contributed by atoms with E-state index in [2.05, 4.69) is 21.6 Å². The van der Waals surface area contributed by atoms with Gasteiger partial charge in [0.2, 0.25) is 0 Å². The maximum absolute atomic E-state index is 12.2. The highest BCUT2D eigenvalue weighted by molar-refractivity contribution is 5.68. The van der Waals surface area contributed by atoms with Gasteiger partial charge in [-0.2, -0.15) is 8.78 Å². The Hall–Kier alpha value is -2.82. The molecule has 0 unspecified atom stereocenters. The van der Waals surface area contributed by atoms with Gasteiger partial charge in [0, 0.05) is 18.0 Å². The zero-order valence-corrected chi connectivity index (χ0v) is 15.9. The fraction of sp³-hybridized carbons (Fsp3) is 0.304. The van der Waals surface area contributed by atoms with Crippen molar-refractivity contribution < 1.29 is 13.5 Å². The van der Waals surface area contributed by atoms with Crippen LogP contribution in [0.15, 0.2) is 60.9 Å². The highest BCUT2D eigenvalue weighted by Gasteiger charge is 2.06. The van der Waals surface area contributed by atoms with Crippen LogP contribution in [0.25, 0.3) is 22.5 Å². The van der Waals surface area contributed by atoms with Gasteiger partial charge in [0.25, 0.3) is 0 Å². The van der Waals surface area contributed by atoms with Gasteiger partial charge >= 0.3 is 6.61 Å². The van der Waals surface area contributed by atoms with E-state index in [0.29, 0.717) is 5.82 Å². The monoisotopic (exact) mass is 382 g/mol. The number of unbranched alkanes of at least 4 members (excludes halogenated alkanes) is 3. The lowest BCUT2D eigenvalue weighted by Crippen LogP contribution is -2.01. The van der Waals surface area contributed by atoms with Gasteiger partial charge in [-0.3, -0.25) is 0 Å². The summed E-state index contributed by atoms with van der Waals surface area (Å²) in [7, 11) is 0. The molecule has 28 heavy (non-hydrogen) atoms. The molecule has 2 aromatic carbocycles. The average molecular weight is 382 g/mol. The molecule has 0 aliphatic heterocycles. The molecule has 5 heteroatoms. The maximum atomic E-state index is 12.2. The minimum atomic E-state index is -2.81. The SMILES string of the molecule is CCCCCCc1cnc(-c2ccc(-c3ccc(OC(F)F)cc3)cc2)nc1. The number of ether oxygens (including phenoxy) is 1. The Morgan fingerprint density at radius 2 is 1.36 bits per heavy atom. The smallest absolute Gasteiger partial charge is 0.387 e. The van der Waals surface area contributed by atoms with Crippen LogP contribution in [0.5, 0.6) is 5.75 Å². The van der Waals surface area contributed by atoms with Crippen LogP contribution in [-0.4, -0.2) is 16.6 Å². The summed E-state index contributed by atoms with van der Waals surface area (Å²) in [5.41, 5.74) is 4.03. The fourth-order valence-corrected chi connectivity index (χ4v) is 3.03. The summed E-state index contributed by atoms with van der Waals surface area (Å²) in [6.07, 6.45) is 9.76. The fourth-order valence-electron chi connectivity index (χ4n) is 3.03. The molecule has 0 aliphatic rings. The molecule has 1 heterocycles. The molecule has 0 aliphatic carbocycles. The van der Waals surface area contributed by atoms with Crippen molar-refractivity contribution in [2.24, 2.45) is 0 Å². The quantitative estimate of drug-likeness (QED) is 0.394. The lowest BCUT2D eigenvalue weighted by Gasteiger charge is -2.07. The molecule has 0 amide bonds. The third-order valence-corrected chi connectivity index (χ3v) is 4.58. The van der Waals surface area contributed by atoms with Crippen LogP contribution in [0.3, 0.4) is 0 Å². The van der Waals surface area contributed by atoms with Gasteiger partial charge in [0.05, 0.1) is 0 Å². The molecule has 0 atom stereocenters. The van der Waals surface area contributed by atoms with Gasteiger partial charge in [0.1, 0.15) is 5.75 Å². The second-order valence-electron chi connectivity index (χ2n) is 6.71. The molecule has 3 rings (SSSR count). The molecular formula is C23H24F2N2O. The third-order valence-electron chi connectivity index (χ3n) is 4.58. The summed E-state index contributed by atoms with van der Waals surface area (Å²) in [5.74, 6) is 0.850. The number of alkyl halides is 2. The van der Waals surface area contributed by atoms with E-state index in [4.69, 9.17) is 0 Å². The number of rotatable bonds is 9. The number of nitrogens with zero attached hydrogens (tertiary/aromatic N) is 2. The third kappa shape index (κ3) is 5.59. The van der Waals surface area contributed by atoms with Crippen LogP contribution in [0.2, 0.25) is 0 Å². The molecule has 146 valence electrons. The molecule has 3 nitrogen and oxygen atoms in total. The van der Waals surface area contributed by atoms with E-state index >= 15 is 0 Å². The molecular weight excluding hydrogens is 358 g/mol. The lowest BCUT2D eigenvalue weighted by atomic mass is 10.0. The number of halogens is 2. The van der Waals surface area contributed by atoms with Crippen LogP contribution in [0.4, 0.5) is 8.78 Å². The van der Waals surface area contributed by atoms with Crippen LogP contribution in [0, 0.1) is 0 Å². The van der Waals surface area contributed by atoms with Crippen molar-refractivity contribution in [3.05, 3.63) is 66.5 Å². The van der Waals surface area contributed by atoms with Gasteiger partial charge < -0.3 is 4.74 Å². The number of aryl methyl sites for hydroxylation is 1. The van der Waals surface area contributed by atoms with Crippen molar-refractivity contribution in [2.45, 2.75) is 45.6 Å². The van der Waals surface area contributed by atoms with Gasteiger partial charge in [-0.1, -0.05) is 62.6 Å². The Kier molecular flexibility index (Phi) is 7.06. The van der Waals surface area contributed by atoms with E-state index in [1.54, 1.807) is 12.1 Å². The summed E-state index contributed by atoms with van der Waals surface area (Å²) in [4.78, 5) is 8.98. The second kappa shape index (κ2) is 9.93. The van der Waals surface area contributed by atoms with E-state index in [0.717, 1.165) is 23.1 Å².